The van der Waals surface area contributed by atoms with Crippen molar-refractivity contribution in [3.63, 3.8) is 0 Å². The summed E-state index contributed by atoms with van der Waals surface area (Å²) < 4.78 is 5.73. The second-order valence-electron chi connectivity index (χ2n) is 4.61. The molecule has 2 rings (SSSR count). The molecule has 0 unspecified atom stereocenters. The number of ether oxygens (including phenoxy) is 1. The average Bonchev–Trinajstić information content (AvgIpc) is 2.28. The fourth-order valence-electron chi connectivity index (χ4n) is 2.22. The molecule has 2 atom stereocenters. The second-order valence-corrected chi connectivity index (χ2v) is 4.61. The molecule has 5 heteroatoms. The summed E-state index contributed by atoms with van der Waals surface area (Å²) in [6, 6.07) is 0. The Morgan fingerprint density at radius 2 is 2.00 bits per heavy atom. The van der Waals surface area contributed by atoms with Gasteiger partial charge >= 0.3 is 0 Å². The molecular weight excluding hydrogens is 216 g/mol. The van der Waals surface area contributed by atoms with Crippen LogP contribution in [0, 0.1) is 6.92 Å². The van der Waals surface area contributed by atoms with Gasteiger partial charge in [0.05, 0.1) is 12.2 Å². The fourth-order valence-corrected chi connectivity index (χ4v) is 2.22. The number of aryl methyl sites for hydroxylation is 1. The van der Waals surface area contributed by atoms with Gasteiger partial charge < -0.3 is 15.0 Å². The Morgan fingerprint density at radius 3 is 2.59 bits per heavy atom. The predicted molar refractivity (Wildman–Crippen MR) is 68.5 cm³/mol. The van der Waals surface area contributed by atoms with E-state index in [0.717, 1.165) is 24.5 Å². The smallest absolute Gasteiger partial charge is 0.224 e. The normalized spacial score (nSPS) is 24.8. The highest BCUT2D eigenvalue weighted by Crippen LogP contribution is 2.22. The number of anilines is 2. The van der Waals surface area contributed by atoms with Crippen LogP contribution < -0.4 is 10.2 Å². The molecular formula is C12H20N4O. The minimum absolute atomic E-state index is 0.242. The number of nitrogens with zero attached hydrogens (tertiary/aromatic N) is 3. The largest absolute Gasteiger partial charge is 0.372 e. The molecule has 0 aromatic carbocycles. The number of aromatic nitrogens is 2. The van der Waals surface area contributed by atoms with E-state index >= 15 is 0 Å². The molecule has 1 fully saturated rings. The Morgan fingerprint density at radius 1 is 1.35 bits per heavy atom. The highest BCUT2D eigenvalue weighted by Gasteiger charge is 2.24. The van der Waals surface area contributed by atoms with E-state index in [1.165, 1.54) is 0 Å². The molecule has 1 aromatic rings. The van der Waals surface area contributed by atoms with E-state index in [-0.39, 0.29) is 12.2 Å². The van der Waals surface area contributed by atoms with E-state index in [0.29, 0.717) is 5.95 Å². The third kappa shape index (κ3) is 2.66. The molecule has 0 amide bonds. The van der Waals surface area contributed by atoms with Crippen LogP contribution in [0.15, 0.2) is 6.20 Å². The van der Waals surface area contributed by atoms with Gasteiger partial charge in [-0.05, 0) is 20.8 Å². The predicted octanol–water partition coefficient (Wildman–Crippen LogP) is 1.44. The molecule has 1 N–H and O–H groups in total. The first-order chi connectivity index (χ1) is 8.10. The van der Waals surface area contributed by atoms with Crippen LogP contribution in [-0.4, -0.2) is 42.3 Å². The van der Waals surface area contributed by atoms with Crippen LogP contribution in [0.1, 0.15) is 19.4 Å². The van der Waals surface area contributed by atoms with Crippen molar-refractivity contribution in [2.45, 2.75) is 33.0 Å². The minimum atomic E-state index is 0.242. The van der Waals surface area contributed by atoms with Crippen molar-refractivity contribution in [1.82, 2.24) is 9.97 Å². The van der Waals surface area contributed by atoms with Crippen LogP contribution in [0.5, 0.6) is 0 Å². The number of morpholine rings is 1. The molecule has 0 aliphatic carbocycles. The van der Waals surface area contributed by atoms with Crippen molar-refractivity contribution < 1.29 is 4.74 Å². The molecule has 0 saturated carbocycles. The standard InChI is InChI=1S/C12H20N4O/c1-8-5-14-12(13-4)15-11(8)16-6-9(2)17-10(3)7-16/h5,9-10H,6-7H2,1-4H3,(H,13,14,15)/t9-,10+. The molecule has 0 radical (unpaired) electrons. The summed E-state index contributed by atoms with van der Waals surface area (Å²) in [6.07, 6.45) is 2.34. The average molecular weight is 236 g/mol. The lowest BCUT2D eigenvalue weighted by Crippen LogP contribution is -2.46. The van der Waals surface area contributed by atoms with Gasteiger partial charge in [0.1, 0.15) is 5.82 Å². The molecule has 94 valence electrons. The van der Waals surface area contributed by atoms with Crippen LogP contribution in [0.2, 0.25) is 0 Å². The molecule has 1 saturated heterocycles. The number of nitrogens with one attached hydrogen (secondary N) is 1. The summed E-state index contributed by atoms with van der Waals surface area (Å²) in [4.78, 5) is 11.0. The van der Waals surface area contributed by atoms with Crippen molar-refractivity contribution in [2.75, 3.05) is 30.4 Å². The lowest BCUT2D eigenvalue weighted by Gasteiger charge is -2.36. The van der Waals surface area contributed by atoms with E-state index in [4.69, 9.17) is 4.74 Å². The zero-order valence-electron chi connectivity index (χ0n) is 10.9. The molecule has 1 aromatic heterocycles. The van der Waals surface area contributed by atoms with Crippen LogP contribution >= 0.6 is 0 Å². The number of rotatable bonds is 2. The van der Waals surface area contributed by atoms with Crippen LogP contribution in [-0.2, 0) is 4.74 Å². The van der Waals surface area contributed by atoms with Crippen molar-refractivity contribution in [3.05, 3.63) is 11.8 Å². The lowest BCUT2D eigenvalue weighted by molar-refractivity contribution is -0.00549. The summed E-state index contributed by atoms with van der Waals surface area (Å²) in [5.74, 6) is 1.67. The maximum atomic E-state index is 5.73. The van der Waals surface area contributed by atoms with Crippen LogP contribution in [0.25, 0.3) is 0 Å². The third-order valence-corrected chi connectivity index (χ3v) is 2.89. The van der Waals surface area contributed by atoms with Gasteiger partial charge in [-0.15, -0.1) is 0 Å². The summed E-state index contributed by atoms with van der Waals surface area (Å²) >= 11 is 0. The Bertz CT molecular complexity index is 386. The highest BCUT2D eigenvalue weighted by molar-refractivity contribution is 5.49. The first-order valence-corrected chi connectivity index (χ1v) is 6.02. The maximum Gasteiger partial charge on any atom is 0.224 e. The van der Waals surface area contributed by atoms with Crippen LogP contribution in [0.4, 0.5) is 11.8 Å². The molecule has 17 heavy (non-hydrogen) atoms. The summed E-state index contributed by atoms with van der Waals surface area (Å²) in [5, 5.41) is 2.98. The minimum Gasteiger partial charge on any atom is -0.372 e. The Labute approximate surface area is 102 Å². The van der Waals surface area contributed by atoms with Gasteiger partial charge in [-0.3, -0.25) is 0 Å². The highest BCUT2D eigenvalue weighted by atomic mass is 16.5. The summed E-state index contributed by atoms with van der Waals surface area (Å²) in [6.45, 7) is 7.99. The van der Waals surface area contributed by atoms with Crippen molar-refractivity contribution in [2.24, 2.45) is 0 Å². The van der Waals surface area contributed by atoms with Crippen LogP contribution in [0.3, 0.4) is 0 Å². The van der Waals surface area contributed by atoms with Gasteiger partial charge in [-0.2, -0.15) is 4.98 Å². The zero-order chi connectivity index (χ0) is 12.4. The summed E-state index contributed by atoms with van der Waals surface area (Å²) in [7, 11) is 1.83. The van der Waals surface area contributed by atoms with Gasteiger partial charge in [-0.1, -0.05) is 0 Å². The quantitative estimate of drug-likeness (QED) is 0.842. The molecule has 0 bridgehead atoms. The van der Waals surface area contributed by atoms with E-state index in [1.807, 2.05) is 20.2 Å². The van der Waals surface area contributed by atoms with Crippen molar-refractivity contribution in [1.29, 1.82) is 0 Å². The number of hydrogen-bond donors (Lipinski definition) is 1. The van der Waals surface area contributed by atoms with Crippen molar-refractivity contribution >= 4 is 11.8 Å². The van der Waals surface area contributed by atoms with Gasteiger partial charge in [0, 0.05) is 31.9 Å². The number of hydrogen-bond acceptors (Lipinski definition) is 5. The van der Waals surface area contributed by atoms with E-state index in [1.54, 1.807) is 0 Å². The first kappa shape index (κ1) is 12.1. The van der Waals surface area contributed by atoms with E-state index in [2.05, 4.69) is 34.0 Å². The Kier molecular flexibility index (Phi) is 3.47. The van der Waals surface area contributed by atoms with Gasteiger partial charge in [0.15, 0.2) is 0 Å². The molecule has 1 aliphatic heterocycles. The topological polar surface area (TPSA) is 50.3 Å². The lowest BCUT2D eigenvalue weighted by atomic mass is 10.2. The van der Waals surface area contributed by atoms with Gasteiger partial charge in [0.2, 0.25) is 5.95 Å². The Hall–Kier alpha value is -1.36. The van der Waals surface area contributed by atoms with Gasteiger partial charge in [-0.25, -0.2) is 4.98 Å². The monoisotopic (exact) mass is 236 g/mol. The zero-order valence-corrected chi connectivity index (χ0v) is 10.9. The fraction of sp³-hybridized carbons (Fsp3) is 0.667. The maximum absolute atomic E-state index is 5.73. The Balaban J connectivity index is 2.26. The first-order valence-electron chi connectivity index (χ1n) is 6.02. The molecule has 0 spiro atoms. The molecule has 5 nitrogen and oxygen atoms in total. The molecule has 1 aliphatic rings. The SMILES string of the molecule is CNc1ncc(C)c(N2C[C@@H](C)O[C@@H](C)C2)n1. The third-order valence-electron chi connectivity index (χ3n) is 2.89. The second kappa shape index (κ2) is 4.87. The van der Waals surface area contributed by atoms with Crippen molar-refractivity contribution in [3.8, 4) is 0 Å². The van der Waals surface area contributed by atoms with Gasteiger partial charge in [0.25, 0.3) is 0 Å². The van der Waals surface area contributed by atoms with E-state index < -0.39 is 0 Å². The summed E-state index contributed by atoms with van der Waals surface area (Å²) in [5.41, 5.74) is 1.10. The molecule has 2 heterocycles. The van der Waals surface area contributed by atoms with E-state index in [9.17, 15) is 0 Å².